The van der Waals surface area contributed by atoms with E-state index in [0.29, 0.717) is 0 Å². The number of hydrogen-bond acceptors (Lipinski definition) is 1. The summed E-state index contributed by atoms with van der Waals surface area (Å²) in [6.45, 7) is 4.76. The van der Waals surface area contributed by atoms with Crippen LogP contribution in [0.5, 0.6) is 0 Å². The van der Waals surface area contributed by atoms with Crippen LogP contribution in [0.4, 0.5) is 17.1 Å². The molecule has 9 aromatic rings. The molecule has 0 atom stereocenters. The first kappa shape index (κ1) is 35.2. The van der Waals surface area contributed by atoms with Crippen LogP contribution in [0.15, 0.2) is 224 Å². The molecule has 0 amide bonds. The third-order valence-corrected chi connectivity index (χ3v) is 11.9. The highest BCUT2D eigenvalue weighted by atomic mass is 15.1. The average molecular weight is 742 g/mol. The smallest absolute Gasteiger partial charge is 0.0462 e. The van der Waals surface area contributed by atoms with E-state index in [4.69, 9.17) is 0 Å². The van der Waals surface area contributed by atoms with E-state index < -0.39 is 0 Å². The maximum Gasteiger partial charge on any atom is 0.0462 e. The summed E-state index contributed by atoms with van der Waals surface area (Å²) in [5, 5.41) is 0. The monoisotopic (exact) mass is 741 g/mol. The number of rotatable bonds is 8. The zero-order valence-electron chi connectivity index (χ0n) is 32.8. The van der Waals surface area contributed by atoms with Crippen LogP contribution in [-0.4, -0.2) is 0 Å². The van der Waals surface area contributed by atoms with Gasteiger partial charge in [0.1, 0.15) is 0 Å². The highest BCUT2D eigenvalue weighted by Crippen LogP contribution is 2.54. The summed E-state index contributed by atoms with van der Waals surface area (Å²) in [5.74, 6) is 0. The van der Waals surface area contributed by atoms with Crippen molar-refractivity contribution in [1.82, 2.24) is 0 Å². The first-order valence-electron chi connectivity index (χ1n) is 20.2. The standard InChI is InChI=1S/C57H43N/c1-57(2)54-25-15-24-50(44-18-9-4-10-19-44)56(54)53-38-51(45-20-11-5-12-21-45)52(39-55(53)57)46-32-36-49(37-33-46)58(47-22-13-6-14-23-47)48-34-30-43(31-35-48)42-28-26-41(27-29-42)40-16-7-3-8-17-40/h3-39H,1-2H3. The van der Waals surface area contributed by atoms with Gasteiger partial charge in [-0.3, -0.25) is 0 Å². The lowest BCUT2D eigenvalue weighted by molar-refractivity contribution is 0.661. The van der Waals surface area contributed by atoms with Crippen LogP contribution in [0, 0.1) is 0 Å². The molecule has 1 heteroatoms. The van der Waals surface area contributed by atoms with Crippen molar-refractivity contribution >= 4 is 17.1 Å². The topological polar surface area (TPSA) is 3.24 Å². The van der Waals surface area contributed by atoms with E-state index in [1.54, 1.807) is 0 Å². The van der Waals surface area contributed by atoms with Gasteiger partial charge in [0.15, 0.2) is 0 Å². The van der Waals surface area contributed by atoms with Gasteiger partial charge in [-0.15, -0.1) is 0 Å². The molecule has 0 saturated carbocycles. The Balaban J connectivity index is 1.04. The molecule has 0 saturated heterocycles. The van der Waals surface area contributed by atoms with E-state index in [-0.39, 0.29) is 5.41 Å². The van der Waals surface area contributed by atoms with E-state index in [1.165, 1.54) is 77.9 Å². The molecule has 1 nitrogen and oxygen atoms in total. The summed E-state index contributed by atoms with van der Waals surface area (Å²) in [6.07, 6.45) is 0. The van der Waals surface area contributed by atoms with E-state index in [2.05, 4.69) is 243 Å². The Morgan fingerprint density at radius 3 is 1.19 bits per heavy atom. The van der Waals surface area contributed by atoms with E-state index >= 15 is 0 Å². The molecule has 0 radical (unpaired) electrons. The molecule has 9 aromatic carbocycles. The molecule has 10 rings (SSSR count). The number of anilines is 3. The number of fused-ring (bicyclic) bond motifs is 3. The zero-order chi connectivity index (χ0) is 39.1. The van der Waals surface area contributed by atoms with Gasteiger partial charge in [0.25, 0.3) is 0 Å². The fraction of sp³-hybridized carbons (Fsp3) is 0.0526. The summed E-state index contributed by atoms with van der Waals surface area (Å²) >= 11 is 0. The van der Waals surface area contributed by atoms with E-state index in [0.717, 1.165) is 17.1 Å². The molecule has 0 spiro atoms. The molecule has 0 fully saturated rings. The fourth-order valence-electron chi connectivity index (χ4n) is 8.89. The quantitative estimate of drug-likeness (QED) is 0.150. The molecular formula is C57H43N. The molecule has 58 heavy (non-hydrogen) atoms. The molecule has 0 aromatic heterocycles. The molecule has 1 aliphatic carbocycles. The third kappa shape index (κ3) is 6.32. The summed E-state index contributed by atoms with van der Waals surface area (Å²) in [7, 11) is 0. The van der Waals surface area contributed by atoms with Crippen LogP contribution in [-0.2, 0) is 5.41 Å². The summed E-state index contributed by atoms with van der Waals surface area (Å²) in [6, 6.07) is 81.6. The van der Waals surface area contributed by atoms with Crippen molar-refractivity contribution in [2.75, 3.05) is 4.90 Å². The largest absolute Gasteiger partial charge is 0.311 e. The molecular weight excluding hydrogens is 699 g/mol. The number of para-hydroxylation sites is 1. The minimum atomic E-state index is -0.153. The Hall–Kier alpha value is -7.22. The van der Waals surface area contributed by atoms with Crippen LogP contribution in [0.3, 0.4) is 0 Å². The van der Waals surface area contributed by atoms with Gasteiger partial charge in [0.05, 0.1) is 0 Å². The van der Waals surface area contributed by atoms with Crippen LogP contribution < -0.4 is 4.90 Å². The fourth-order valence-corrected chi connectivity index (χ4v) is 8.89. The molecule has 0 bridgehead atoms. The van der Waals surface area contributed by atoms with Gasteiger partial charge in [-0.1, -0.05) is 190 Å². The normalized spacial score (nSPS) is 12.4. The molecule has 0 heterocycles. The maximum atomic E-state index is 2.47. The molecule has 0 unspecified atom stereocenters. The molecule has 1 aliphatic rings. The molecule has 276 valence electrons. The zero-order valence-corrected chi connectivity index (χ0v) is 32.8. The number of nitrogens with zero attached hydrogens (tertiary/aromatic N) is 1. The molecule has 0 aliphatic heterocycles. The third-order valence-electron chi connectivity index (χ3n) is 11.9. The van der Waals surface area contributed by atoms with Crippen molar-refractivity contribution < 1.29 is 0 Å². The van der Waals surface area contributed by atoms with Crippen LogP contribution in [0.1, 0.15) is 25.0 Å². The maximum absolute atomic E-state index is 2.47. The van der Waals surface area contributed by atoms with Gasteiger partial charge in [0.2, 0.25) is 0 Å². The van der Waals surface area contributed by atoms with Crippen LogP contribution in [0.25, 0.3) is 66.8 Å². The van der Waals surface area contributed by atoms with Crippen molar-refractivity contribution in [3.63, 3.8) is 0 Å². The lowest BCUT2D eigenvalue weighted by atomic mass is 9.80. The Kier molecular flexibility index (Phi) is 8.92. The van der Waals surface area contributed by atoms with Gasteiger partial charge in [-0.2, -0.15) is 0 Å². The van der Waals surface area contributed by atoms with Crippen LogP contribution in [0.2, 0.25) is 0 Å². The van der Waals surface area contributed by atoms with Crippen molar-refractivity contribution in [2.24, 2.45) is 0 Å². The lowest BCUT2D eigenvalue weighted by Crippen LogP contribution is -2.15. The summed E-state index contributed by atoms with van der Waals surface area (Å²) in [5.41, 5.74) is 20.9. The minimum Gasteiger partial charge on any atom is -0.311 e. The first-order chi connectivity index (χ1) is 28.5. The second-order valence-electron chi connectivity index (χ2n) is 15.7. The highest BCUT2D eigenvalue weighted by Gasteiger charge is 2.38. The molecule has 0 N–H and O–H groups in total. The predicted octanol–water partition coefficient (Wildman–Crippen LogP) is 15.8. The second-order valence-corrected chi connectivity index (χ2v) is 15.7. The Morgan fingerprint density at radius 1 is 0.276 bits per heavy atom. The van der Waals surface area contributed by atoms with Gasteiger partial charge in [0, 0.05) is 22.5 Å². The van der Waals surface area contributed by atoms with Crippen molar-refractivity contribution in [3.8, 4) is 66.8 Å². The number of benzene rings is 9. The Labute approximate surface area is 342 Å². The van der Waals surface area contributed by atoms with E-state index in [9.17, 15) is 0 Å². The van der Waals surface area contributed by atoms with E-state index in [1.807, 2.05) is 0 Å². The lowest BCUT2D eigenvalue weighted by Gasteiger charge is -2.26. The van der Waals surface area contributed by atoms with Crippen molar-refractivity contribution in [1.29, 1.82) is 0 Å². The summed E-state index contributed by atoms with van der Waals surface area (Å²) < 4.78 is 0. The Morgan fingerprint density at radius 2 is 0.655 bits per heavy atom. The van der Waals surface area contributed by atoms with Crippen molar-refractivity contribution in [2.45, 2.75) is 19.3 Å². The Bertz CT molecular complexity index is 2840. The van der Waals surface area contributed by atoms with Gasteiger partial charge >= 0.3 is 0 Å². The van der Waals surface area contributed by atoms with Crippen LogP contribution >= 0.6 is 0 Å². The van der Waals surface area contributed by atoms with Crippen molar-refractivity contribution in [3.05, 3.63) is 236 Å². The number of hydrogen-bond donors (Lipinski definition) is 0. The second kappa shape index (κ2) is 14.7. The SMILES string of the molecule is CC1(C)c2cc(-c3ccc(N(c4ccccc4)c4ccc(-c5ccc(-c6ccccc6)cc5)cc4)cc3)c(-c3ccccc3)cc2-c2c(-c3ccccc3)cccc21. The van der Waals surface area contributed by atoms with Gasteiger partial charge in [-0.05, 0) is 126 Å². The summed E-state index contributed by atoms with van der Waals surface area (Å²) in [4.78, 5) is 2.34. The average Bonchev–Trinajstić information content (AvgIpc) is 3.53. The first-order valence-corrected chi connectivity index (χ1v) is 20.2. The van der Waals surface area contributed by atoms with Gasteiger partial charge < -0.3 is 4.90 Å². The minimum absolute atomic E-state index is 0.153. The predicted molar refractivity (Wildman–Crippen MR) is 246 cm³/mol. The highest BCUT2D eigenvalue weighted by molar-refractivity contribution is 5.98. The van der Waals surface area contributed by atoms with Gasteiger partial charge in [-0.25, -0.2) is 0 Å².